The molecule has 1 saturated heterocycles. The van der Waals surface area contributed by atoms with E-state index in [-0.39, 0.29) is 5.91 Å². The highest BCUT2D eigenvalue weighted by Gasteiger charge is 2.20. The normalized spacial score (nSPS) is 13.7. The molecule has 5 nitrogen and oxygen atoms in total. The largest absolute Gasteiger partial charge is 0.397 e. The van der Waals surface area contributed by atoms with Gasteiger partial charge in [-0.3, -0.25) is 9.69 Å². The highest BCUT2D eigenvalue weighted by Crippen LogP contribution is 2.24. The number of H-pyrrole nitrogens is 1. The Bertz CT molecular complexity index is 1350. The molecule has 4 aromatic rings. The summed E-state index contributed by atoms with van der Waals surface area (Å²) in [5, 5.41) is 4.67. The van der Waals surface area contributed by atoms with E-state index in [0.717, 1.165) is 31.6 Å². The minimum atomic E-state index is -0.230. The number of aromatic amines is 1. The Morgan fingerprint density at radius 2 is 1.94 bits per heavy atom. The molecule has 1 aliphatic rings. The van der Waals surface area contributed by atoms with E-state index in [9.17, 15) is 4.79 Å². The van der Waals surface area contributed by atoms with Crippen molar-refractivity contribution in [1.29, 1.82) is 0 Å². The third-order valence-corrected chi connectivity index (χ3v) is 6.37. The number of nitrogens with zero attached hydrogens (tertiary/aromatic N) is 1. The number of fused-ring (bicyclic) bond motifs is 1. The van der Waals surface area contributed by atoms with Crippen LogP contribution >= 0.6 is 11.6 Å². The lowest BCUT2D eigenvalue weighted by Crippen LogP contribution is -2.39. The summed E-state index contributed by atoms with van der Waals surface area (Å²) in [5.41, 5.74) is 12.5. The van der Waals surface area contributed by atoms with Gasteiger partial charge in [-0.05, 0) is 64.9 Å². The molecule has 0 bridgehead atoms. The van der Waals surface area contributed by atoms with Crippen molar-refractivity contribution >= 4 is 39.8 Å². The number of rotatable bonds is 6. The maximum Gasteiger partial charge on any atom is 0.255 e. The smallest absolute Gasteiger partial charge is 0.255 e. The van der Waals surface area contributed by atoms with E-state index >= 15 is 0 Å². The van der Waals surface area contributed by atoms with E-state index < -0.39 is 0 Å². The van der Waals surface area contributed by atoms with Crippen molar-refractivity contribution in [3.8, 4) is 0 Å². The Morgan fingerprint density at radius 3 is 2.76 bits per heavy atom. The van der Waals surface area contributed by atoms with Crippen molar-refractivity contribution in [2.24, 2.45) is 0 Å². The van der Waals surface area contributed by atoms with E-state index in [1.54, 1.807) is 24.3 Å². The van der Waals surface area contributed by atoms with Gasteiger partial charge in [-0.2, -0.15) is 0 Å². The second kappa shape index (κ2) is 9.14. The number of carbonyl (C=O) groups is 1. The molecular weight excluding hydrogens is 432 g/mol. The van der Waals surface area contributed by atoms with Crippen molar-refractivity contribution in [3.05, 3.63) is 106 Å². The number of aromatic nitrogens is 1. The van der Waals surface area contributed by atoms with E-state index in [0.29, 0.717) is 22.0 Å². The fraction of sp³-hybridized carbons (Fsp3) is 0.148. The zero-order chi connectivity index (χ0) is 22.8. The van der Waals surface area contributed by atoms with Crippen LogP contribution in [-0.2, 0) is 13.0 Å². The maximum absolute atomic E-state index is 12.5. The molecule has 0 unspecified atom stereocenters. The zero-order valence-corrected chi connectivity index (χ0v) is 18.9. The summed E-state index contributed by atoms with van der Waals surface area (Å²) >= 11 is 6.48. The summed E-state index contributed by atoms with van der Waals surface area (Å²) in [6.45, 7) is 2.89. The van der Waals surface area contributed by atoms with Gasteiger partial charge in [-0.15, -0.1) is 0 Å². The molecule has 0 saturated carbocycles. The van der Waals surface area contributed by atoms with Gasteiger partial charge < -0.3 is 16.0 Å². The SMILES string of the molecule is Nc1ccccc1NC(=O)c1ccc(CC=C2CN(Cc3ccc4cc[nH]c4c3)C2)c(Cl)c1. The molecule has 5 rings (SSSR count). The number of anilines is 2. The van der Waals surface area contributed by atoms with Crippen LogP contribution in [0.15, 0.2) is 84.6 Å². The molecule has 1 fully saturated rings. The average molecular weight is 457 g/mol. The van der Waals surface area contributed by atoms with Gasteiger partial charge in [0.25, 0.3) is 5.91 Å². The second-order valence-electron chi connectivity index (χ2n) is 8.46. The first-order valence-corrected chi connectivity index (χ1v) is 11.3. The first kappa shape index (κ1) is 21.3. The quantitative estimate of drug-likeness (QED) is 0.259. The predicted molar refractivity (Wildman–Crippen MR) is 136 cm³/mol. The van der Waals surface area contributed by atoms with Crippen LogP contribution in [0.4, 0.5) is 11.4 Å². The molecule has 166 valence electrons. The van der Waals surface area contributed by atoms with Crippen LogP contribution in [-0.4, -0.2) is 28.9 Å². The number of nitrogens with two attached hydrogens (primary N) is 1. The Kier molecular flexibility index (Phi) is 5.90. The van der Waals surface area contributed by atoms with Crippen LogP contribution in [0.3, 0.4) is 0 Å². The van der Waals surface area contributed by atoms with Gasteiger partial charge in [0.05, 0.1) is 11.4 Å². The van der Waals surface area contributed by atoms with Gasteiger partial charge in [0.1, 0.15) is 0 Å². The fourth-order valence-electron chi connectivity index (χ4n) is 4.13. The minimum absolute atomic E-state index is 0.230. The van der Waals surface area contributed by atoms with E-state index in [2.05, 4.69) is 45.5 Å². The summed E-state index contributed by atoms with van der Waals surface area (Å²) in [6.07, 6.45) is 4.97. The highest BCUT2D eigenvalue weighted by atomic mass is 35.5. The van der Waals surface area contributed by atoms with Crippen molar-refractivity contribution < 1.29 is 4.79 Å². The van der Waals surface area contributed by atoms with Crippen molar-refractivity contribution in [2.75, 3.05) is 24.1 Å². The molecule has 6 heteroatoms. The third-order valence-electron chi connectivity index (χ3n) is 6.01. The van der Waals surface area contributed by atoms with Crippen molar-refractivity contribution in [1.82, 2.24) is 9.88 Å². The van der Waals surface area contributed by atoms with Crippen LogP contribution in [0.2, 0.25) is 5.02 Å². The number of para-hydroxylation sites is 2. The monoisotopic (exact) mass is 456 g/mol. The van der Waals surface area contributed by atoms with Crippen LogP contribution in [0.25, 0.3) is 10.9 Å². The van der Waals surface area contributed by atoms with E-state index in [1.165, 1.54) is 22.0 Å². The molecule has 1 aromatic heterocycles. The summed E-state index contributed by atoms with van der Waals surface area (Å²) in [6, 6.07) is 21.3. The molecule has 4 N–H and O–H groups in total. The standard InChI is InChI=1S/C27H25ClN4O/c28-23-14-22(27(33)31-25-4-2-1-3-24(25)29)10-9-20(23)7-6-19-16-32(17-19)15-18-5-8-21-11-12-30-26(21)13-18/h1-6,8-14,30H,7,15-17,29H2,(H,31,33). The topological polar surface area (TPSA) is 74.2 Å². The lowest BCUT2D eigenvalue weighted by atomic mass is 10.0. The molecule has 0 radical (unpaired) electrons. The molecule has 0 spiro atoms. The average Bonchev–Trinajstić information content (AvgIpc) is 3.25. The predicted octanol–water partition coefficient (Wildman–Crippen LogP) is 5.64. The fourth-order valence-corrected chi connectivity index (χ4v) is 4.39. The van der Waals surface area contributed by atoms with Crippen LogP contribution in [0.1, 0.15) is 21.5 Å². The number of carbonyl (C=O) groups excluding carboxylic acids is 1. The third kappa shape index (κ3) is 4.80. The number of amides is 1. The van der Waals surface area contributed by atoms with E-state index in [1.807, 2.05) is 24.4 Å². The van der Waals surface area contributed by atoms with Gasteiger partial charge in [0.2, 0.25) is 0 Å². The molecule has 0 aliphatic carbocycles. The number of nitrogens with one attached hydrogen (secondary N) is 2. The van der Waals surface area contributed by atoms with Crippen LogP contribution in [0, 0.1) is 0 Å². The Hall–Kier alpha value is -3.54. The first-order chi connectivity index (χ1) is 16.0. The number of nitrogen functional groups attached to an aromatic ring is 1. The van der Waals surface area contributed by atoms with E-state index in [4.69, 9.17) is 17.3 Å². The summed E-state index contributed by atoms with van der Waals surface area (Å²) in [4.78, 5) is 18.2. The Morgan fingerprint density at radius 1 is 1.09 bits per heavy atom. The molecule has 0 atom stereocenters. The summed E-state index contributed by atoms with van der Waals surface area (Å²) in [5.74, 6) is -0.230. The molecule has 2 heterocycles. The lowest BCUT2D eigenvalue weighted by molar-refractivity contribution is 0.102. The number of benzene rings is 3. The summed E-state index contributed by atoms with van der Waals surface area (Å²) < 4.78 is 0. The highest BCUT2D eigenvalue weighted by molar-refractivity contribution is 6.31. The Labute approximate surface area is 197 Å². The molecule has 1 amide bonds. The zero-order valence-electron chi connectivity index (χ0n) is 18.1. The maximum atomic E-state index is 12.5. The van der Waals surface area contributed by atoms with Crippen molar-refractivity contribution in [2.45, 2.75) is 13.0 Å². The number of likely N-dealkylation sites (tertiary alicyclic amines) is 1. The number of allylic oxidation sites excluding steroid dienone is 1. The molecular formula is C27H25ClN4O. The van der Waals surface area contributed by atoms with Crippen LogP contribution < -0.4 is 11.1 Å². The van der Waals surface area contributed by atoms with Gasteiger partial charge in [-0.25, -0.2) is 0 Å². The van der Waals surface area contributed by atoms with Gasteiger partial charge >= 0.3 is 0 Å². The second-order valence-corrected chi connectivity index (χ2v) is 8.87. The summed E-state index contributed by atoms with van der Waals surface area (Å²) in [7, 11) is 0. The van der Waals surface area contributed by atoms with Crippen molar-refractivity contribution in [3.63, 3.8) is 0 Å². The molecule has 3 aromatic carbocycles. The minimum Gasteiger partial charge on any atom is -0.397 e. The lowest BCUT2D eigenvalue weighted by Gasteiger charge is -2.34. The van der Waals surface area contributed by atoms with Gasteiger partial charge in [0, 0.05) is 41.9 Å². The Balaban J connectivity index is 1.16. The number of halogens is 1. The van der Waals surface area contributed by atoms with Crippen LogP contribution in [0.5, 0.6) is 0 Å². The van der Waals surface area contributed by atoms with Gasteiger partial charge in [-0.1, -0.05) is 48.0 Å². The number of hydrogen-bond acceptors (Lipinski definition) is 3. The number of hydrogen-bond donors (Lipinski definition) is 3. The molecule has 33 heavy (non-hydrogen) atoms. The molecule has 1 aliphatic heterocycles. The van der Waals surface area contributed by atoms with Gasteiger partial charge in [0.15, 0.2) is 0 Å². The first-order valence-electron chi connectivity index (χ1n) is 11.0.